The highest BCUT2D eigenvalue weighted by Crippen LogP contribution is 2.26. The van der Waals surface area contributed by atoms with Crippen LogP contribution in [0.15, 0.2) is 36.5 Å². The number of nitrogens with one attached hydrogen (secondary N) is 2. The Kier molecular flexibility index (Phi) is 3.23. The van der Waals surface area contributed by atoms with E-state index in [0.29, 0.717) is 6.04 Å². The lowest BCUT2D eigenvalue weighted by atomic mass is 10.2. The second-order valence-electron chi connectivity index (χ2n) is 5.60. The van der Waals surface area contributed by atoms with E-state index in [1.165, 1.54) is 0 Å². The molecule has 112 valence electrons. The summed E-state index contributed by atoms with van der Waals surface area (Å²) in [4.78, 5) is 11.5. The molecule has 3 aromatic heterocycles. The Balaban J connectivity index is 1.75. The summed E-state index contributed by atoms with van der Waals surface area (Å²) in [5.74, 6) is 1.01. The second kappa shape index (κ2) is 5.38. The van der Waals surface area contributed by atoms with Gasteiger partial charge in [0.2, 0.25) is 0 Å². The first-order valence-electron chi connectivity index (χ1n) is 7.57. The fourth-order valence-electron chi connectivity index (χ4n) is 2.95. The summed E-state index contributed by atoms with van der Waals surface area (Å²) in [6.07, 6.45) is 1.76. The summed E-state index contributed by atoms with van der Waals surface area (Å²) >= 11 is 0. The number of piperazine rings is 1. The molecule has 6 nitrogen and oxygen atoms in total. The number of aromatic amines is 1. The van der Waals surface area contributed by atoms with Crippen LogP contribution in [0.1, 0.15) is 6.92 Å². The van der Waals surface area contributed by atoms with Crippen molar-refractivity contribution in [2.45, 2.75) is 13.0 Å². The van der Waals surface area contributed by atoms with Gasteiger partial charge in [0, 0.05) is 37.3 Å². The van der Waals surface area contributed by atoms with Crippen molar-refractivity contribution in [3.05, 3.63) is 36.5 Å². The SMILES string of the molecule is C[C@@H]1CNCCN1c1cccc(-c2n[nH]c3ncccc23)n1. The first-order valence-corrected chi connectivity index (χ1v) is 7.57. The number of rotatable bonds is 2. The van der Waals surface area contributed by atoms with Gasteiger partial charge in [-0.25, -0.2) is 9.97 Å². The third-order valence-electron chi connectivity index (χ3n) is 4.11. The number of anilines is 1. The molecular weight excluding hydrogens is 276 g/mol. The maximum absolute atomic E-state index is 4.83. The zero-order chi connectivity index (χ0) is 14.9. The minimum Gasteiger partial charge on any atom is -0.351 e. The molecule has 22 heavy (non-hydrogen) atoms. The summed E-state index contributed by atoms with van der Waals surface area (Å²) in [5, 5.41) is 11.8. The minimum absolute atomic E-state index is 0.439. The van der Waals surface area contributed by atoms with E-state index in [1.807, 2.05) is 24.3 Å². The van der Waals surface area contributed by atoms with Crippen molar-refractivity contribution >= 4 is 16.9 Å². The average Bonchev–Trinajstić information content (AvgIpc) is 2.99. The molecule has 0 aromatic carbocycles. The Labute approximate surface area is 128 Å². The molecule has 0 aliphatic carbocycles. The number of fused-ring (bicyclic) bond motifs is 1. The lowest BCUT2D eigenvalue weighted by molar-refractivity contribution is 0.497. The van der Waals surface area contributed by atoms with E-state index in [2.05, 4.69) is 38.4 Å². The Morgan fingerprint density at radius 2 is 2.18 bits per heavy atom. The largest absolute Gasteiger partial charge is 0.351 e. The fourth-order valence-corrected chi connectivity index (χ4v) is 2.95. The van der Waals surface area contributed by atoms with Gasteiger partial charge in [-0.3, -0.25) is 5.10 Å². The van der Waals surface area contributed by atoms with Crippen LogP contribution in [0.3, 0.4) is 0 Å². The lowest BCUT2D eigenvalue weighted by Gasteiger charge is -2.35. The van der Waals surface area contributed by atoms with Crippen molar-refractivity contribution < 1.29 is 0 Å². The van der Waals surface area contributed by atoms with Gasteiger partial charge in [-0.15, -0.1) is 0 Å². The van der Waals surface area contributed by atoms with Crippen molar-refractivity contribution in [3.8, 4) is 11.4 Å². The number of aromatic nitrogens is 4. The van der Waals surface area contributed by atoms with E-state index in [4.69, 9.17) is 4.98 Å². The predicted octanol–water partition coefficient (Wildman–Crippen LogP) is 1.82. The van der Waals surface area contributed by atoms with Crippen LogP contribution in [0.4, 0.5) is 5.82 Å². The molecule has 1 aliphatic heterocycles. The topological polar surface area (TPSA) is 69.7 Å². The zero-order valence-electron chi connectivity index (χ0n) is 12.5. The first-order chi connectivity index (χ1) is 10.8. The smallest absolute Gasteiger partial charge is 0.155 e. The van der Waals surface area contributed by atoms with Gasteiger partial charge in [0.15, 0.2) is 5.65 Å². The lowest BCUT2D eigenvalue weighted by Crippen LogP contribution is -2.50. The van der Waals surface area contributed by atoms with Crippen molar-refractivity contribution in [3.63, 3.8) is 0 Å². The molecule has 2 N–H and O–H groups in total. The van der Waals surface area contributed by atoms with E-state index >= 15 is 0 Å². The molecule has 0 amide bonds. The van der Waals surface area contributed by atoms with Gasteiger partial charge in [0.05, 0.1) is 5.69 Å². The second-order valence-corrected chi connectivity index (χ2v) is 5.60. The minimum atomic E-state index is 0.439. The van der Waals surface area contributed by atoms with Gasteiger partial charge in [0.1, 0.15) is 11.5 Å². The average molecular weight is 294 g/mol. The van der Waals surface area contributed by atoms with Gasteiger partial charge >= 0.3 is 0 Å². The van der Waals surface area contributed by atoms with Gasteiger partial charge in [-0.1, -0.05) is 6.07 Å². The third kappa shape index (κ3) is 2.21. The Morgan fingerprint density at radius 3 is 3.09 bits per heavy atom. The van der Waals surface area contributed by atoms with Crippen LogP contribution < -0.4 is 10.2 Å². The van der Waals surface area contributed by atoms with Crippen LogP contribution in [0.25, 0.3) is 22.4 Å². The van der Waals surface area contributed by atoms with Gasteiger partial charge in [-0.05, 0) is 31.2 Å². The van der Waals surface area contributed by atoms with Crippen LogP contribution in [0, 0.1) is 0 Å². The molecule has 4 rings (SSSR count). The molecule has 1 saturated heterocycles. The van der Waals surface area contributed by atoms with Crippen LogP contribution in [0.5, 0.6) is 0 Å². The summed E-state index contributed by atoms with van der Waals surface area (Å²) in [6.45, 7) is 5.17. The van der Waals surface area contributed by atoms with Crippen LogP contribution >= 0.6 is 0 Å². The zero-order valence-corrected chi connectivity index (χ0v) is 12.5. The number of pyridine rings is 2. The predicted molar refractivity (Wildman–Crippen MR) is 86.8 cm³/mol. The molecule has 6 heteroatoms. The number of nitrogens with zero attached hydrogens (tertiary/aromatic N) is 4. The van der Waals surface area contributed by atoms with Crippen molar-refractivity contribution in [2.75, 3.05) is 24.5 Å². The molecule has 4 heterocycles. The molecule has 0 saturated carbocycles. The number of H-pyrrole nitrogens is 1. The van der Waals surface area contributed by atoms with E-state index < -0.39 is 0 Å². The summed E-state index contributed by atoms with van der Waals surface area (Å²) in [5.41, 5.74) is 2.52. The molecule has 1 aliphatic rings. The summed E-state index contributed by atoms with van der Waals surface area (Å²) < 4.78 is 0. The molecule has 1 atom stereocenters. The Morgan fingerprint density at radius 1 is 1.23 bits per heavy atom. The summed E-state index contributed by atoms with van der Waals surface area (Å²) in [6, 6.07) is 10.5. The monoisotopic (exact) mass is 294 g/mol. The molecule has 0 bridgehead atoms. The van der Waals surface area contributed by atoms with Crippen LogP contribution in [-0.2, 0) is 0 Å². The molecule has 0 spiro atoms. The fraction of sp³-hybridized carbons (Fsp3) is 0.312. The van der Waals surface area contributed by atoms with E-state index in [0.717, 1.165) is 47.9 Å². The van der Waals surface area contributed by atoms with Gasteiger partial charge in [-0.2, -0.15) is 5.10 Å². The number of hydrogen-bond donors (Lipinski definition) is 2. The van der Waals surface area contributed by atoms with Crippen LogP contribution in [-0.4, -0.2) is 45.8 Å². The number of hydrogen-bond acceptors (Lipinski definition) is 5. The van der Waals surface area contributed by atoms with E-state index in [9.17, 15) is 0 Å². The maximum atomic E-state index is 4.83. The molecule has 1 fully saturated rings. The summed E-state index contributed by atoms with van der Waals surface area (Å²) in [7, 11) is 0. The highest BCUT2D eigenvalue weighted by Gasteiger charge is 2.20. The third-order valence-corrected chi connectivity index (χ3v) is 4.11. The molecule has 3 aromatic rings. The van der Waals surface area contributed by atoms with E-state index in [1.54, 1.807) is 6.20 Å². The highest BCUT2D eigenvalue weighted by atomic mass is 15.3. The maximum Gasteiger partial charge on any atom is 0.155 e. The van der Waals surface area contributed by atoms with E-state index in [-0.39, 0.29) is 0 Å². The van der Waals surface area contributed by atoms with Crippen molar-refractivity contribution in [1.82, 2.24) is 25.5 Å². The first kappa shape index (κ1) is 13.2. The molecule has 0 unspecified atom stereocenters. The Hall–Kier alpha value is -2.47. The Bertz CT molecular complexity index is 796. The highest BCUT2D eigenvalue weighted by molar-refractivity contribution is 5.89. The quantitative estimate of drug-likeness (QED) is 0.754. The van der Waals surface area contributed by atoms with Gasteiger partial charge in [0.25, 0.3) is 0 Å². The molecular formula is C16H18N6. The van der Waals surface area contributed by atoms with Crippen molar-refractivity contribution in [2.24, 2.45) is 0 Å². The normalized spacial score (nSPS) is 18.8. The van der Waals surface area contributed by atoms with Crippen molar-refractivity contribution in [1.29, 1.82) is 0 Å². The standard InChI is InChI=1S/C16H18N6/c1-11-10-17-8-9-22(11)14-6-2-5-13(19-14)15-12-4-3-7-18-16(12)21-20-15/h2-7,11,17H,8-10H2,1H3,(H,18,20,21)/t11-/m1/s1. The van der Waals surface area contributed by atoms with Crippen LogP contribution in [0.2, 0.25) is 0 Å². The molecule has 0 radical (unpaired) electrons. The van der Waals surface area contributed by atoms with Gasteiger partial charge < -0.3 is 10.2 Å².